The molecule has 4 rings (SSSR count). The first kappa shape index (κ1) is 32.8. The van der Waals surface area contributed by atoms with Gasteiger partial charge in [0.15, 0.2) is 0 Å². The first-order valence-corrected chi connectivity index (χ1v) is 14.3. The first-order chi connectivity index (χ1) is 19.3. The second-order valence-electron chi connectivity index (χ2n) is 8.89. The first-order valence-electron chi connectivity index (χ1n) is 13.5. The number of aryl methyl sites for hydroxylation is 1. The fourth-order valence-corrected chi connectivity index (χ4v) is 4.56. The Morgan fingerprint density at radius 3 is 2.50 bits per heavy atom. The van der Waals surface area contributed by atoms with Gasteiger partial charge in [-0.1, -0.05) is 93.0 Å². The van der Waals surface area contributed by atoms with Crippen LogP contribution in [0.4, 0.5) is 5.69 Å². The van der Waals surface area contributed by atoms with E-state index in [1.165, 1.54) is 0 Å². The highest BCUT2D eigenvalue weighted by Gasteiger charge is 2.20. The zero-order valence-corrected chi connectivity index (χ0v) is 25.6. The topological polar surface area (TPSA) is 64.2 Å². The molecule has 0 fully saturated rings. The highest BCUT2D eigenvalue weighted by atomic mass is 35.5. The average molecular weight is 580 g/mol. The van der Waals surface area contributed by atoms with Crippen molar-refractivity contribution in [1.29, 1.82) is 0 Å². The van der Waals surface area contributed by atoms with Gasteiger partial charge >= 0.3 is 0 Å². The number of carbonyl (C=O) groups excluding carboxylic acids is 1. The Bertz CT molecular complexity index is 1350. The second-order valence-corrected chi connectivity index (χ2v) is 9.76. The Morgan fingerprint density at radius 1 is 1.18 bits per heavy atom. The number of fused-ring (bicyclic) bond motifs is 1. The molecule has 0 bridgehead atoms. The summed E-state index contributed by atoms with van der Waals surface area (Å²) in [6.45, 7) is 13.1. The Hall–Kier alpha value is -3.38. The third kappa shape index (κ3) is 8.82. The predicted molar refractivity (Wildman–Crippen MR) is 172 cm³/mol. The predicted octanol–water partition coefficient (Wildman–Crippen LogP) is 8.71. The van der Waals surface area contributed by atoms with Gasteiger partial charge in [-0.3, -0.25) is 4.79 Å². The van der Waals surface area contributed by atoms with Gasteiger partial charge in [0.2, 0.25) is 5.91 Å². The van der Waals surface area contributed by atoms with Gasteiger partial charge in [-0.15, -0.1) is 0 Å². The summed E-state index contributed by atoms with van der Waals surface area (Å²) >= 11 is 12.0. The number of nitrogens with two attached hydrogens (primary N) is 1. The van der Waals surface area contributed by atoms with Crippen LogP contribution < -0.4 is 10.6 Å². The van der Waals surface area contributed by atoms with Crippen molar-refractivity contribution in [2.75, 3.05) is 11.9 Å². The maximum atomic E-state index is 12.1. The number of halogens is 2. The number of para-hydroxylation sites is 1. The van der Waals surface area contributed by atoms with Crippen LogP contribution in [0.3, 0.4) is 0 Å². The standard InChI is InChI=1S/C18H18ClNO.C13H16ClN3.C2H6/c1-4-7-14(19)12-13(2)15-10-11-18(21)20(3)17-9-6-5-8-16(15)17;1-2-7-17-9-16-8-12(17)13(15)10-3-5-11(14)6-4-10;1-2/h4-10,12H,2,11H2,1,3H3;3-6,8-9,13H,2,7,15H2,1H3;1-2H3/b7-4-,14-12+;;. The van der Waals surface area contributed by atoms with Crippen molar-refractivity contribution in [1.82, 2.24) is 9.55 Å². The lowest BCUT2D eigenvalue weighted by Crippen LogP contribution is -2.24. The van der Waals surface area contributed by atoms with Crippen LogP contribution in [0.15, 0.2) is 103 Å². The van der Waals surface area contributed by atoms with Crippen molar-refractivity contribution in [3.8, 4) is 0 Å². The molecule has 1 amide bonds. The van der Waals surface area contributed by atoms with Crippen LogP contribution >= 0.6 is 23.2 Å². The summed E-state index contributed by atoms with van der Waals surface area (Å²) in [6.07, 6.45) is 12.5. The van der Waals surface area contributed by atoms with Crippen LogP contribution in [0, 0.1) is 0 Å². The minimum absolute atomic E-state index is 0.0637. The van der Waals surface area contributed by atoms with Crippen LogP contribution in [-0.2, 0) is 11.3 Å². The van der Waals surface area contributed by atoms with Gasteiger partial charge < -0.3 is 15.2 Å². The van der Waals surface area contributed by atoms with Crippen molar-refractivity contribution >= 4 is 40.4 Å². The van der Waals surface area contributed by atoms with E-state index in [-0.39, 0.29) is 11.9 Å². The molecule has 2 N–H and O–H groups in total. The number of rotatable bonds is 7. The molecule has 0 radical (unpaired) electrons. The van der Waals surface area contributed by atoms with Crippen molar-refractivity contribution in [2.45, 2.75) is 53.1 Å². The fraction of sp³-hybridized carbons (Fsp3) is 0.273. The van der Waals surface area contributed by atoms with Crippen molar-refractivity contribution in [3.05, 3.63) is 124 Å². The summed E-state index contributed by atoms with van der Waals surface area (Å²) in [5, 5.41) is 1.34. The molecule has 40 heavy (non-hydrogen) atoms. The molecule has 3 aromatic rings. The minimum Gasteiger partial charge on any atom is -0.333 e. The Labute approximate surface area is 249 Å². The number of hydrogen-bond donors (Lipinski definition) is 1. The fourth-order valence-electron chi connectivity index (χ4n) is 4.18. The maximum absolute atomic E-state index is 12.1. The lowest BCUT2D eigenvalue weighted by Gasteiger charge is -2.18. The van der Waals surface area contributed by atoms with Crippen molar-refractivity contribution in [2.24, 2.45) is 5.73 Å². The highest BCUT2D eigenvalue weighted by Crippen LogP contribution is 2.35. The van der Waals surface area contributed by atoms with E-state index in [9.17, 15) is 4.79 Å². The van der Waals surface area contributed by atoms with Crippen LogP contribution in [0.1, 0.15) is 63.4 Å². The molecule has 0 aliphatic carbocycles. The molecule has 7 heteroatoms. The lowest BCUT2D eigenvalue weighted by atomic mass is 9.96. The van der Waals surface area contributed by atoms with Crippen LogP contribution in [0.5, 0.6) is 0 Å². The summed E-state index contributed by atoms with van der Waals surface area (Å²) in [5.74, 6) is 0.0637. The molecular formula is C33H40Cl2N4O. The molecule has 0 saturated heterocycles. The third-order valence-corrected chi connectivity index (χ3v) is 6.64. The number of allylic oxidation sites excluding steroid dienone is 6. The molecule has 1 aliphatic heterocycles. The van der Waals surface area contributed by atoms with E-state index >= 15 is 0 Å². The largest absolute Gasteiger partial charge is 0.333 e. The molecule has 0 saturated carbocycles. The molecule has 1 aromatic heterocycles. The number of carbonyl (C=O) groups is 1. The molecule has 2 aromatic carbocycles. The normalized spacial score (nSPS) is 13.8. The minimum atomic E-state index is -0.152. The Balaban J connectivity index is 0.000000269. The number of imidazole rings is 1. The summed E-state index contributed by atoms with van der Waals surface area (Å²) < 4.78 is 2.10. The second kappa shape index (κ2) is 16.7. The van der Waals surface area contributed by atoms with Gasteiger partial charge in [0, 0.05) is 35.6 Å². The van der Waals surface area contributed by atoms with Crippen molar-refractivity contribution in [3.63, 3.8) is 0 Å². The zero-order chi connectivity index (χ0) is 29.7. The molecule has 1 aliphatic rings. The smallest absolute Gasteiger partial charge is 0.230 e. The molecular weight excluding hydrogens is 539 g/mol. The van der Waals surface area contributed by atoms with Gasteiger partial charge in [0.25, 0.3) is 0 Å². The monoisotopic (exact) mass is 578 g/mol. The van der Waals surface area contributed by atoms with E-state index < -0.39 is 0 Å². The maximum Gasteiger partial charge on any atom is 0.230 e. The van der Waals surface area contributed by atoms with Gasteiger partial charge in [-0.2, -0.15) is 0 Å². The number of amides is 1. The van der Waals surface area contributed by atoms with Crippen LogP contribution in [0.2, 0.25) is 5.02 Å². The van der Waals surface area contributed by atoms with Gasteiger partial charge in [-0.05, 0) is 60.4 Å². The average Bonchev–Trinajstić information content (AvgIpc) is 3.38. The third-order valence-electron chi connectivity index (χ3n) is 6.15. The summed E-state index contributed by atoms with van der Waals surface area (Å²) in [5.41, 5.74) is 12.0. The van der Waals surface area contributed by atoms with E-state index in [4.69, 9.17) is 28.9 Å². The molecule has 212 valence electrons. The van der Waals surface area contributed by atoms with Crippen LogP contribution in [0.25, 0.3) is 5.57 Å². The highest BCUT2D eigenvalue weighted by molar-refractivity contribution is 6.31. The number of benzene rings is 2. The zero-order valence-electron chi connectivity index (χ0n) is 24.1. The summed E-state index contributed by atoms with van der Waals surface area (Å²) in [4.78, 5) is 17.9. The van der Waals surface area contributed by atoms with Crippen LogP contribution in [-0.4, -0.2) is 22.5 Å². The van der Waals surface area contributed by atoms with E-state index in [2.05, 4.69) is 23.1 Å². The summed E-state index contributed by atoms with van der Waals surface area (Å²) in [6, 6.07) is 15.3. The Kier molecular flexibility index (Phi) is 13.7. The number of aromatic nitrogens is 2. The van der Waals surface area contributed by atoms with Gasteiger partial charge in [-0.25, -0.2) is 4.98 Å². The van der Waals surface area contributed by atoms with Gasteiger partial charge in [0.05, 0.1) is 29.9 Å². The van der Waals surface area contributed by atoms with E-state index in [0.29, 0.717) is 11.5 Å². The molecule has 1 unspecified atom stereocenters. The molecule has 2 heterocycles. The Morgan fingerprint density at radius 2 is 1.85 bits per heavy atom. The number of hydrogen-bond acceptors (Lipinski definition) is 3. The SMILES string of the molecule is C=C(/C=C(Cl)\C=C/C)C1=CCC(=O)N(C)c2ccccc21.CC.CCCn1cncc1C(N)c1ccc(Cl)cc1. The number of anilines is 1. The van der Waals surface area contributed by atoms with Gasteiger partial charge in [0.1, 0.15) is 0 Å². The quantitative estimate of drug-likeness (QED) is 0.285. The van der Waals surface area contributed by atoms with E-state index in [1.807, 2.05) is 106 Å². The number of nitrogens with zero attached hydrogens (tertiary/aromatic N) is 3. The van der Waals surface area contributed by atoms with Crippen molar-refractivity contribution < 1.29 is 4.79 Å². The lowest BCUT2D eigenvalue weighted by molar-refractivity contribution is -0.117. The molecule has 5 nitrogen and oxygen atoms in total. The molecule has 1 atom stereocenters. The molecule has 0 spiro atoms. The summed E-state index contributed by atoms with van der Waals surface area (Å²) in [7, 11) is 1.79. The van der Waals surface area contributed by atoms with E-state index in [1.54, 1.807) is 11.9 Å². The van der Waals surface area contributed by atoms with E-state index in [0.717, 1.165) is 51.6 Å².